The molecule has 3 heterocycles. The van der Waals surface area contributed by atoms with Crippen LogP contribution in [0.3, 0.4) is 0 Å². The first-order valence-corrected chi connectivity index (χ1v) is 12.2. The van der Waals surface area contributed by atoms with Gasteiger partial charge in [-0.15, -0.1) is 0 Å². The summed E-state index contributed by atoms with van der Waals surface area (Å²) >= 11 is 0. The van der Waals surface area contributed by atoms with Gasteiger partial charge in [-0.05, 0) is 13.0 Å². The van der Waals surface area contributed by atoms with Crippen molar-refractivity contribution in [1.29, 1.82) is 0 Å². The van der Waals surface area contributed by atoms with Gasteiger partial charge >= 0.3 is 0 Å². The lowest BCUT2D eigenvalue weighted by Crippen LogP contribution is -2.42. The Morgan fingerprint density at radius 1 is 1.26 bits per heavy atom. The number of anilines is 1. The van der Waals surface area contributed by atoms with Crippen molar-refractivity contribution >= 4 is 32.7 Å². The van der Waals surface area contributed by atoms with Crippen molar-refractivity contribution in [3.63, 3.8) is 0 Å². The van der Waals surface area contributed by atoms with E-state index < -0.39 is 39.5 Å². The van der Waals surface area contributed by atoms with E-state index >= 15 is 0 Å². The van der Waals surface area contributed by atoms with E-state index in [0.29, 0.717) is 22.5 Å². The number of nitro benzene ring substituents is 1. The molecule has 4 atom stereocenters. The Labute approximate surface area is 200 Å². The predicted octanol–water partition coefficient (Wildman–Crippen LogP) is 0.415. The smallest absolute Gasteiger partial charge is 0.273 e. The number of aromatic nitrogens is 4. The van der Waals surface area contributed by atoms with E-state index in [4.69, 9.17) is 4.74 Å². The number of aliphatic hydroxyl groups excluding tert-OH is 2. The van der Waals surface area contributed by atoms with Crippen LogP contribution in [0.5, 0.6) is 0 Å². The minimum absolute atomic E-state index is 0.00408. The second-order valence-corrected chi connectivity index (χ2v) is 9.94. The lowest BCUT2D eigenvalue weighted by atomic mass is 10.1. The molecule has 14 nitrogen and oxygen atoms in total. The standard InChI is InChI=1S/C20H25N7O7S/c1-4-25(35(32,33)12-6-5-11(2)13(7-12)27(30)31)8-14-16(28)17(29)20(34-14)26-10-24-15-18(21-3)22-9-23-19(15)26/h5-7,9-10,14,16-17,20,28-29H,4,8H2,1-3H3,(H,21,22,23)/t14-,16-,17-,20-/m1/s1. The average Bonchev–Trinajstić information content (AvgIpc) is 3.38. The van der Waals surface area contributed by atoms with Crippen LogP contribution in [0.2, 0.25) is 0 Å². The van der Waals surface area contributed by atoms with Crippen molar-refractivity contribution in [2.75, 3.05) is 25.5 Å². The van der Waals surface area contributed by atoms with E-state index in [1.165, 1.54) is 36.3 Å². The van der Waals surface area contributed by atoms with Crippen molar-refractivity contribution < 1.29 is 28.3 Å². The van der Waals surface area contributed by atoms with E-state index in [2.05, 4.69) is 20.3 Å². The molecule has 0 amide bonds. The average molecular weight is 508 g/mol. The molecule has 0 saturated carbocycles. The largest absolute Gasteiger partial charge is 0.387 e. The molecule has 4 rings (SSSR count). The Morgan fingerprint density at radius 2 is 2.00 bits per heavy atom. The van der Waals surface area contributed by atoms with Crippen LogP contribution in [0, 0.1) is 17.0 Å². The van der Waals surface area contributed by atoms with E-state index in [1.54, 1.807) is 14.0 Å². The summed E-state index contributed by atoms with van der Waals surface area (Å²) < 4.78 is 34.9. The second-order valence-electron chi connectivity index (χ2n) is 8.00. The zero-order valence-electron chi connectivity index (χ0n) is 19.1. The molecule has 0 aliphatic carbocycles. The topological polar surface area (TPSA) is 186 Å². The fourth-order valence-corrected chi connectivity index (χ4v) is 5.51. The number of likely N-dealkylation sites (N-methyl/N-ethyl adjacent to an activating group) is 1. The molecule has 1 aromatic carbocycles. The summed E-state index contributed by atoms with van der Waals surface area (Å²) in [7, 11) is -2.49. The molecular formula is C20H25N7O7S. The molecule has 3 aromatic rings. The first-order valence-electron chi connectivity index (χ1n) is 10.7. The zero-order chi connectivity index (χ0) is 25.5. The minimum Gasteiger partial charge on any atom is -0.387 e. The van der Waals surface area contributed by atoms with Crippen molar-refractivity contribution in [3.8, 4) is 0 Å². The Morgan fingerprint density at radius 3 is 2.66 bits per heavy atom. The van der Waals surface area contributed by atoms with Crippen molar-refractivity contribution in [2.24, 2.45) is 0 Å². The van der Waals surface area contributed by atoms with Gasteiger partial charge in [-0.25, -0.2) is 23.4 Å². The molecule has 15 heteroatoms. The Bertz CT molecular complexity index is 1360. The van der Waals surface area contributed by atoms with Gasteiger partial charge in [0.15, 0.2) is 17.7 Å². The van der Waals surface area contributed by atoms with E-state index in [-0.39, 0.29) is 23.7 Å². The fourth-order valence-electron chi connectivity index (χ4n) is 4.02. The van der Waals surface area contributed by atoms with Crippen LogP contribution in [-0.4, -0.2) is 85.8 Å². The number of aryl methyl sites for hydroxylation is 1. The number of rotatable bonds is 8. The lowest BCUT2D eigenvalue weighted by Gasteiger charge is -2.25. The van der Waals surface area contributed by atoms with Gasteiger partial charge in [0, 0.05) is 31.8 Å². The van der Waals surface area contributed by atoms with Crippen LogP contribution >= 0.6 is 0 Å². The highest BCUT2D eigenvalue weighted by Crippen LogP contribution is 2.33. The fraction of sp³-hybridized carbons (Fsp3) is 0.450. The van der Waals surface area contributed by atoms with Crippen molar-refractivity contribution in [2.45, 2.75) is 43.3 Å². The van der Waals surface area contributed by atoms with Gasteiger partial charge in [-0.2, -0.15) is 4.31 Å². The zero-order valence-corrected chi connectivity index (χ0v) is 20.0. The number of sulfonamides is 1. The van der Waals surface area contributed by atoms with Crippen LogP contribution in [0.1, 0.15) is 18.7 Å². The molecule has 1 aliphatic rings. The highest BCUT2D eigenvalue weighted by Gasteiger charge is 2.46. The molecule has 1 aliphatic heterocycles. The summed E-state index contributed by atoms with van der Waals surface area (Å²) in [6, 6.07) is 3.67. The SMILES string of the molecule is CCN(C[C@H]1O[C@@H](n2cnc3c(NC)ncnc32)[C@H](O)[C@@H]1O)S(=O)(=O)c1ccc(C)c([N+](=O)[O-])c1. The van der Waals surface area contributed by atoms with Gasteiger partial charge in [0.05, 0.1) is 16.1 Å². The summed E-state index contributed by atoms with van der Waals surface area (Å²) in [6.07, 6.45) is -2.28. The van der Waals surface area contributed by atoms with Gasteiger partial charge in [0.25, 0.3) is 5.69 Å². The molecule has 3 N–H and O–H groups in total. The van der Waals surface area contributed by atoms with Crippen LogP contribution in [0.15, 0.2) is 35.7 Å². The first kappa shape index (κ1) is 24.9. The summed E-state index contributed by atoms with van der Waals surface area (Å²) in [4.78, 5) is 22.9. The van der Waals surface area contributed by atoms with Gasteiger partial charge in [0.1, 0.15) is 30.2 Å². The quantitative estimate of drug-likeness (QED) is 0.283. The molecule has 0 radical (unpaired) electrons. The normalized spacial score (nSPS) is 22.7. The van der Waals surface area contributed by atoms with Crippen LogP contribution < -0.4 is 5.32 Å². The number of nitro groups is 1. The van der Waals surface area contributed by atoms with Gasteiger partial charge in [-0.3, -0.25) is 14.7 Å². The summed E-state index contributed by atoms with van der Waals surface area (Å²) in [6.45, 7) is 2.82. The van der Waals surface area contributed by atoms with Gasteiger partial charge in [-0.1, -0.05) is 13.0 Å². The first-order chi connectivity index (χ1) is 16.6. The molecular weight excluding hydrogens is 482 g/mol. The van der Waals surface area contributed by atoms with Crippen LogP contribution in [-0.2, 0) is 14.8 Å². The van der Waals surface area contributed by atoms with Crippen molar-refractivity contribution in [1.82, 2.24) is 23.8 Å². The Hall–Kier alpha value is -3.24. The van der Waals surface area contributed by atoms with Crippen LogP contribution in [0.25, 0.3) is 11.2 Å². The number of fused-ring (bicyclic) bond motifs is 1. The molecule has 0 bridgehead atoms. The van der Waals surface area contributed by atoms with Crippen LogP contribution in [0.4, 0.5) is 11.5 Å². The third kappa shape index (κ3) is 4.32. The summed E-state index contributed by atoms with van der Waals surface area (Å²) in [5.74, 6) is 0.466. The van der Waals surface area contributed by atoms with Gasteiger partial charge < -0.3 is 20.3 Å². The number of imidazole rings is 1. The number of benzene rings is 1. The molecule has 188 valence electrons. The maximum atomic E-state index is 13.2. The second kappa shape index (κ2) is 9.43. The third-order valence-corrected chi connectivity index (χ3v) is 7.90. The highest BCUT2D eigenvalue weighted by molar-refractivity contribution is 7.89. The highest BCUT2D eigenvalue weighted by atomic mass is 32.2. The number of ether oxygens (including phenoxy) is 1. The lowest BCUT2D eigenvalue weighted by molar-refractivity contribution is -0.385. The third-order valence-electron chi connectivity index (χ3n) is 5.96. The van der Waals surface area contributed by atoms with Crippen molar-refractivity contribution in [3.05, 3.63) is 46.5 Å². The minimum atomic E-state index is -4.16. The predicted molar refractivity (Wildman–Crippen MR) is 123 cm³/mol. The number of hydrogen-bond donors (Lipinski definition) is 3. The number of aliphatic hydroxyl groups is 2. The Kier molecular flexibility index (Phi) is 6.70. The van der Waals surface area contributed by atoms with E-state index in [1.807, 2.05) is 0 Å². The van der Waals surface area contributed by atoms with E-state index in [9.17, 15) is 28.7 Å². The molecule has 2 aromatic heterocycles. The molecule has 0 unspecified atom stereocenters. The number of nitrogens with one attached hydrogen (secondary N) is 1. The molecule has 35 heavy (non-hydrogen) atoms. The van der Waals surface area contributed by atoms with Gasteiger partial charge in [0.2, 0.25) is 10.0 Å². The Balaban J connectivity index is 1.60. The van der Waals surface area contributed by atoms with E-state index in [0.717, 1.165) is 10.4 Å². The summed E-state index contributed by atoms with van der Waals surface area (Å²) in [5, 5.41) is 35.5. The molecule has 1 fully saturated rings. The summed E-state index contributed by atoms with van der Waals surface area (Å²) in [5.41, 5.74) is 0.802. The number of nitrogens with zero attached hydrogens (tertiary/aromatic N) is 6. The molecule has 0 spiro atoms. The monoisotopic (exact) mass is 507 g/mol. The number of hydrogen-bond acceptors (Lipinski definition) is 11. The maximum Gasteiger partial charge on any atom is 0.273 e. The molecule has 1 saturated heterocycles. The maximum absolute atomic E-state index is 13.2.